The van der Waals surface area contributed by atoms with Crippen LogP contribution >= 0.6 is 11.6 Å². The normalized spacial score (nSPS) is 15.5. The van der Waals surface area contributed by atoms with Gasteiger partial charge >= 0.3 is 5.97 Å². The first-order chi connectivity index (χ1) is 18.5. The highest BCUT2D eigenvalue weighted by Crippen LogP contribution is 2.29. The van der Waals surface area contributed by atoms with Crippen molar-refractivity contribution in [3.8, 4) is 11.3 Å². The molecule has 4 aromatic rings. The number of likely N-dealkylation sites (tertiary alicyclic amines) is 1. The van der Waals surface area contributed by atoms with Gasteiger partial charge in [0.05, 0.1) is 22.4 Å². The van der Waals surface area contributed by atoms with E-state index in [2.05, 4.69) is 24.3 Å². The van der Waals surface area contributed by atoms with Crippen LogP contribution in [-0.4, -0.2) is 44.9 Å². The summed E-state index contributed by atoms with van der Waals surface area (Å²) in [4.78, 5) is 36.3. The Balaban J connectivity index is 1.42. The topological polar surface area (TPSA) is 83.4 Å². The van der Waals surface area contributed by atoms with Gasteiger partial charge in [-0.05, 0) is 68.0 Å². The number of carbonyl (C=O) groups is 2. The van der Waals surface area contributed by atoms with E-state index >= 15 is 0 Å². The Hall–Kier alpha value is -3.77. The minimum atomic E-state index is -0.803. The van der Waals surface area contributed by atoms with Crippen molar-refractivity contribution in [2.24, 2.45) is 0 Å². The molecule has 1 N–H and O–H groups in total. The Bertz CT molecular complexity index is 1440. The van der Waals surface area contributed by atoms with Crippen molar-refractivity contribution in [3.63, 3.8) is 0 Å². The molecule has 7 heteroatoms. The molecule has 0 unspecified atom stereocenters. The molecule has 0 aliphatic carbocycles. The molecule has 38 heavy (non-hydrogen) atoms. The van der Waals surface area contributed by atoms with Gasteiger partial charge < -0.3 is 10.0 Å². The van der Waals surface area contributed by atoms with Crippen LogP contribution in [0.1, 0.15) is 59.6 Å². The van der Waals surface area contributed by atoms with Gasteiger partial charge in [-0.3, -0.25) is 9.59 Å². The predicted octanol–water partition coefficient (Wildman–Crippen LogP) is 6.77. The average Bonchev–Trinajstić information content (AvgIpc) is 2.95. The number of unbranched alkanes of at least 4 members (excludes halogenated alkanes) is 1. The molecule has 1 amide bonds. The van der Waals surface area contributed by atoms with E-state index in [0.29, 0.717) is 53.3 Å². The predicted molar refractivity (Wildman–Crippen MR) is 149 cm³/mol. The number of nitrogens with zero attached hydrogens (tertiary/aromatic N) is 3. The molecule has 1 atom stereocenters. The molecule has 0 radical (unpaired) electrons. The summed E-state index contributed by atoms with van der Waals surface area (Å²) in [5.41, 5.74) is 5.70. The first-order valence-electron chi connectivity index (χ1n) is 13.1. The van der Waals surface area contributed by atoms with Gasteiger partial charge in [0, 0.05) is 41.6 Å². The van der Waals surface area contributed by atoms with Gasteiger partial charge in [0.2, 0.25) is 0 Å². The third-order valence-corrected chi connectivity index (χ3v) is 7.39. The van der Waals surface area contributed by atoms with Crippen molar-refractivity contribution >= 4 is 34.5 Å². The minimum Gasteiger partial charge on any atom is -0.481 e. The number of aliphatic carboxylic acids is 1. The molecule has 6 nitrogen and oxygen atoms in total. The second-order valence-corrected chi connectivity index (χ2v) is 10.3. The largest absolute Gasteiger partial charge is 0.481 e. The van der Waals surface area contributed by atoms with E-state index in [4.69, 9.17) is 26.7 Å². The zero-order chi connectivity index (χ0) is 26.5. The lowest BCUT2D eigenvalue weighted by atomic mass is 9.90. The van der Waals surface area contributed by atoms with Crippen LogP contribution in [0.15, 0.2) is 72.8 Å². The minimum absolute atomic E-state index is 0.0131. The molecule has 1 fully saturated rings. The van der Waals surface area contributed by atoms with Crippen LogP contribution < -0.4 is 0 Å². The summed E-state index contributed by atoms with van der Waals surface area (Å²) in [6.45, 7) is 1.45. The molecule has 0 spiro atoms. The Morgan fingerprint density at radius 2 is 1.74 bits per heavy atom. The monoisotopic (exact) mass is 527 g/mol. The fourth-order valence-corrected chi connectivity index (χ4v) is 5.27. The fraction of sp³-hybridized carbons (Fsp3) is 0.290. The van der Waals surface area contributed by atoms with E-state index in [9.17, 15) is 9.59 Å². The number of halogens is 1. The standard InChI is InChI=1S/C31H30ClN3O3/c32-25-15-12-22(13-16-25)30-27(10-4-5-11-29(36)37)33-28-19-23(14-17-26(28)34-30)31(38)35-18-6-9-24(20-35)21-7-2-1-3-8-21/h1-3,7-8,12-17,19,24H,4-6,9-11,18,20H2,(H,36,37)/t24-/m0/s1. The number of aromatic nitrogens is 2. The first-order valence-corrected chi connectivity index (χ1v) is 13.5. The van der Waals surface area contributed by atoms with E-state index in [1.807, 2.05) is 53.4 Å². The number of rotatable bonds is 8. The Morgan fingerprint density at radius 3 is 2.50 bits per heavy atom. The van der Waals surface area contributed by atoms with Crippen molar-refractivity contribution in [2.75, 3.05) is 13.1 Å². The molecule has 1 aromatic heterocycles. The second-order valence-electron chi connectivity index (χ2n) is 9.83. The van der Waals surface area contributed by atoms with E-state index < -0.39 is 5.97 Å². The lowest BCUT2D eigenvalue weighted by Gasteiger charge is -2.33. The van der Waals surface area contributed by atoms with Gasteiger partial charge in [0.25, 0.3) is 5.91 Å². The number of carbonyl (C=O) groups excluding carboxylic acids is 1. The third kappa shape index (κ3) is 6.03. The van der Waals surface area contributed by atoms with Crippen molar-refractivity contribution in [1.82, 2.24) is 14.9 Å². The van der Waals surface area contributed by atoms with Crippen LogP contribution in [0.3, 0.4) is 0 Å². The summed E-state index contributed by atoms with van der Waals surface area (Å²) >= 11 is 6.09. The summed E-state index contributed by atoms with van der Waals surface area (Å²) in [5, 5.41) is 9.65. The summed E-state index contributed by atoms with van der Waals surface area (Å²) in [7, 11) is 0. The molecule has 0 saturated carbocycles. The van der Waals surface area contributed by atoms with Crippen molar-refractivity contribution in [2.45, 2.75) is 44.4 Å². The molecular weight excluding hydrogens is 498 g/mol. The number of carboxylic acids is 1. The maximum absolute atomic E-state index is 13.5. The van der Waals surface area contributed by atoms with Gasteiger partial charge in [-0.25, -0.2) is 9.97 Å². The van der Waals surface area contributed by atoms with Crippen LogP contribution in [0.4, 0.5) is 0 Å². The van der Waals surface area contributed by atoms with Gasteiger partial charge in [-0.1, -0.05) is 54.1 Å². The first kappa shape index (κ1) is 25.9. The quantitative estimate of drug-likeness (QED) is 0.256. The smallest absolute Gasteiger partial charge is 0.303 e. The number of benzene rings is 3. The van der Waals surface area contributed by atoms with Gasteiger partial charge in [-0.2, -0.15) is 0 Å². The number of carboxylic acid groups (broad SMARTS) is 1. The highest BCUT2D eigenvalue weighted by atomic mass is 35.5. The number of hydrogen-bond donors (Lipinski definition) is 1. The zero-order valence-corrected chi connectivity index (χ0v) is 21.9. The zero-order valence-electron chi connectivity index (χ0n) is 21.1. The number of amides is 1. The Labute approximate surface area is 227 Å². The maximum atomic E-state index is 13.5. The molecule has 3 aromatic carbocycles. The van der Waals surface area contributed by atoms with E-state index in [1.165, 1.54) is 5.56 Å². The van der Waals surface area contributed by atoms with Crippen LogP contribution in [0.25, 0.3) is 22.3 Å². The lowest BCUT2D eigenvalue weighted by molar-refractivity contribution is -0.137. The van der Waals surface area contributed by atoms with Crippen LogP contribution in [-0.2, 0) is 11.2 Å². The molecule has 1 aliphatic rings. The summed E-state index contributed by atoms with van der Waals surface area (Å²) < 4.78 is 0. The number of piperidine rings is 1. The number of hydrogen-bond acceptors (Lipinski definition) is 4. The van der Waals surface area contributed by atoms with E-state index in [1.54, 1.807) is 0 Å². The van der Waals surface area contributed by atoms with Gasteiger partial charge in [0.15, 0.2) is 0 Å². The highest BCUT2D eigenvalue weighted by Gasteiger charge is 2.26. The summed E-state index contributed by atoms with van der Waals surface area (Å²) in [6, 6.07) is 23.4. The SMILES string of the molecule is O=C(O)CCCCc1nc2cc(C(=O)N3CCC[C@H](c4ccccc4)C3)ccc2nc1-c1ccc(Cl)cc1. The maximum Gasteiger partial charge on any atom is 0.303 e. The van der Waals surface area contributed by atoms with Crippen LogP contribution in [0, 0.1) is 0 Å². The van der Waals surface area contributed by atoms with Crippen LogP contribution in [0.5, 0.6) is 0 Å². The van der Waals surface area contributed by atoms with Gasteiger partial charge in [0.1, 0.15) is 0 Å². The number of aryl methyl sites for hydroxylation is 1. The molecule has 2 heterocycles. The third-order valence-electron chi connectivity index (χ3n) is 7.13. The van der Waals surface area contributed by atoms with Crippen molar-refractivity contribution < 1.29 is 14.7 Å². The van der Waals surface area contributed by atoms with Crippen LogP contribution in [0.2, 0.25) is 5.02 Å². The molecular formula is C31H30ClN3O3. The molecule has 1 aliphatic heterocycles. The van der Waals surface area contributed by atoms with E-state index in [-0.39, 0.29) is 12.3 Å². The van der Waals surface area contributed by atoms with Gasteiger partial charge in [-0.15, -0.1) is 0 Å². The van der Waals surface area contributed by atoms with Crippen molar-refractivity contribution in [1.29, 1.82) is 0 Å². The number of fused-ring (bicyclic) bond motifs is 1. The average molecular weight is 528 g/mol. The second kappa shape index (κ2) is 11.7. The molecule has 1 saturated heterocycles. The Kier molecular flexibility index (Phi) is 7.99. The highest BCUT2D eigenvalue weighted by molar-refractivity contribution is 6.30. The lowest BCUT2D eigenvalue weighted by Crippen LogP contribution is -2.39. The summed E-state index contributed by atoms with van der Waals surface area (Å²) in [5.74, 6) is -0.449. The molecule has 5 rings (SSSR count). The Morgan fingerprint density at radius 1 is 0.947 bits per heavy atom. The summed E-state index contributed by atoms with van der Waals surface area (Å²) in [6.07, 6.45) is 4.01. The van der Waals surface area contributed by atoms with Crippen molar-refractivity contribution in [3.05, 3.63) is 94.6 Å². The molecule has 194 valence electrons. The fourth-order valence-electron chi connectivity index (χ4n) is 5.15. The van der Waals surface area contributed by atoms with E-state index in [0.717, 1.165) is 36.3 Å². The molecule has 0 bridgehead atoms.